The Balaban J connectivity index is 1.59. The number of nitrogens with zero attached hydrogens (tertiary/aromatic N) is 2. The van der Waals surface area contributed by atoms with E-state index in [1.807, 2.05) is 24.3 Å². The number of H-pyrrole nitrogens is 1. The number of imidazole rings is 1. The fraction of sp³-hybridized carbons (Fsp3) is 0.267. The molecule has 114 valence electrons. The summed E-state index contributed by atoms with van der Waals surface area (Å²) in [4.78, 5) is 26.5. The Morgan fingerprint density at radius 2 is 2.23 bits per heavy atom. The van der Waals surface area contributed by atoms with Gasteiger partial charge in [0.2, 0.25) is 5.91 Å². The minimum absolute atomic E-state index is 0.152. The number of hydrogen-bond donors (Lipinski definition) is 2. The quantitative estimate of drug-likeness (QED) is 0.734. The molecule has 7 heteroatoms. The van der Waals surface area contributed by atoms with Gasteiger partial charge in [0, 0.05) is 19.2 Å². The fourth-order valence-electron chi connectivity index (χ4n) is 2.36. The van der Waals surface area contributed by atoms with Crippen molar-refractivity contribution in [3.05, 3.63) is 52.3 Å². The summed E-state index contributed by atoms with van der Waals surface area (Å²) in [5, 5.41) is 6.55. The van der Waals surface area contributed by atoms with Crippen LogP contribution in [0.3, 0.4) is 0 Å². The van der Waals surface area contributed by atoms with Crippen LogP contribution in [-0.4, -0.2) is 27.2 Å². The van der Waals surface area contributed by atoms with Crippen LogP contribution in [0.2, 0.25) is 0 Å². The van der Waals surface area contributed by atoms with Crippen molar-refractivity contribution in [3.8, 4) is 0 Å². The molecule has 1 aromatic carbocycles. The van der Waals surface area contributed by atoms with Crippen LogP contribution in [0.1, 0.15) is 11.5 Å². The molecule has 2 heterocycles. The van der Waals surface area contributed by atoms with E-state index in [0.29, 0.717) is 24.5 Å². The Labute approximate surface area is 125 Å². The van der Waals surface area contributed by atoms with Gasteiger partial charge in [0.25, 0.3) is 0 Å². The van der Waals surface area contributed by atoms with Crippen LogP contribution in [0.25, 0.3) is 11.0 Å². The lowest BCUT2D eigenvalue weighted by Gasteiger charge is -2.05. The van der Waals surface area contributed by atoms with Crippen molar-refractivity contribution in [2.24, 2.45) is 0 Å². The zero-order valence-corrected chi connectivity index (χ0v) is 12.1. The Morgan fingerprint density at radius 3 is 3.00 bits per heavy atom. The summed E-state index contributed by atoms with van der Waals surface area (Å²) in [6.07, 6.45) is 0.167. The van der Waals surface area contributed by atoms with Crippen LogP contribution in [0.4, 0.5) is 0 Å². The first-order valence-corrected chi connectivity index (χ1v) is 7.00. The highest BCUT2D eigenvalue weighted by Gasteiger charge is 2.09. The van der Waals surface area contributed by atoms with Gasteiger partial charge in [-0.05, 0) is 19.1 Å². The molecule has 3 aromatic rings. The lowest BCUT2D eigenvalue weighted by atomic mass is 10.3. The van der Waals surface area contributed by atoms with Gasteiger partial charge in [0.1, 0.15) is 5.76 Å². The third kappa shape index (κ3) is 2.93. The predicted octanol–water partition coefficient (Wildman–Crippen LogP) is 0.985. The van der Waals surface area contributed by atoms with Gasteiger partial charge >= 0.3 is 5.69 Å². The van der Waals surface area contributed by atoms with E-state index >= 15 is 0 Å². The second-order valence-corrected chi connectivity index (χ2v) is 5.05. The van der Waals surface area contributed by atoms with Crippen molar-refractivity contribution in [2.45, 2.75) is 19.9 Å². The molecule has 3 rings (SSSR count). The van der Waals surface area contributed by atoms with Gasteiger partial charge in [0.05, 0.1) is 23.1 Å². The van der Waals surface area contributed by atoms with Gasteiger partial charge in [-0.1, -0.05) is 17.3 Å². The van der Waals surface area contributed by atoms with E-state index in [2.05, 4.69) is 15.5 Å². The Kier molecular flexibility index (Phi) is 3.78. The van der Waals surface area contributed by atoms with Crippen LogP contribution in [0.5, 0.6) is 0 Å². The Morgan fingerprint density at radius 1 is 1.41 bits per heavy atom. The first kappa shape index (κ1) is 14.1. The highest BCUT2D eigenvalue weighted by Crippen LogP contribution is 2.08. The number of rotatable bonds is 5. The van der Waals surface area contributed by atoms with E-state index in [1.54, 1.807) is 17.6 Å². The number of aromatic amines is 1. The molecular weight excluding hydrogens is 284 g/mol. The van der Waals surface area contributed by atoms with E-state index in [4.69, 9.17) is 4.52 Å². The lowest BCUT2D eigenvalue weighted by molar-refractivity contribution is -0.120. The summed E-state index contributed by atoms with van der Waals surface area (Å²) in [5.41, 5.74) is 2.03. The molecule has 0 saturated carbocycles. The summed E-state index contributed by atoms with van der Waals surface area (Å²) in [6, 6.07) is 9.18. The Bertz CT molecular complexity index is 859. The molecule has 0 unspecified atom stereocenters. The second kappa shape index (κ2) is 5.88. The summed E-state index contributed by atoms with van der Waals surface area (Å²) in [6.45, 7) is 2.56. The smallest absolute Gasteiger partial charge is 0.326 e. The normalized spacial score (nSPS) is 11.0. The average Bonchev–Trinajstić information content (AvgIpc) is 3.03. The number of amides is 1. The molecule has 0 aliphatic heterocycles. The first-order chi connectivity index (χ1) is 10.6. The van der Waals surface area contributed by atoms with Crippen molar-refractivity contribution in [1.29, 1.82) is 0 Å². The van der Waals surface area contributed by atoms with Crippen molar-refractivity contribution >= 4 is 16.9 Å². The maximum Gasteiger partial charge on any atom is 0.326 e. The molecule has 1 amide bonds. The zero-order chi connectivity index (χ0) is 15.5. The number of aryl methyl sites for hydroxylation is 1. The maximum atomic E-state index is 11.9. The molecule has 0 bridgehead atoms. The second-order valence-electron chi connectivity index (χ2n) is 5.05. The molecule has 22 heavy (non-hydrogen) atoms. The molecule has 0 saturated heterocycles. The highest BCUT2D eigenvalue weighted by molar-refractivity contribution is 5.78. The van der Waals surface area contributed by atoms with Crippen LogP contribution < -0.4 is 11.0 Å². The van der Waals surface area contributed by atoms with E-state index in [1.165, 1.54) is 0 Å². The van der Waals surface area contributed by atoms with Crippen molar-refractivity contribution in [2.75, 3.05) is 6.54 Å². The van der Waals surface area contributed by atoms with Gasteiger partial charge < -0.3 is 14.8 Å². The third-order valence-electron chi connectivity index (χ3n) is 3.36. The largest absolute Gasteiger partial charge is 0.361 e. The number of nitrogens with one attached hydrogen (secondary N) is 2. The van der Waals surface area contributed by atoms with Crippen molar-refractivity contribution in [3.63, 3.8) is 0 Å². The van der Waals surface area contributed by atoms with Crippen molar-refractivity contribution < 1.29 is 9.32 Å². The summed E-state index contributed by atoms with van der Waals surface area (Å²) in [7, 11) is 0. The molecule has 7 nitrogen and oxygen atoms in total. The topological polar surface area (TPSA) is 92.9 Å². The number of aromatic nitrogens is 3. The molecule has 0 atom stereocenters. The minimum atomic E-state index is -0.178. The minimum Gasteiger partial charge on any atom is -0.361 e. The summed E-state index contributed by atoms with van der Waals surface area (Å²) < 4.78 is 6.52. The molecular formula is C15H16N4O3. The number of carbonyl (C=O) groups is 1. The van der Waals surface area contributed by atoms with Crippen LogP contribution in [-0.2, 0) is 17.8 Å². The van der Waals surface area contributed by atoms with Gasteiger partial charge in [-0.15, -0.1) is 0 Å². The molecule has 0 aliphatic rings. The van der Waals surface area contributed by atoms with Gasteiger partial charge in [0.15, 0.2) is 0 Å². The summed E-state index contributed by atoms with van der Waals surface area (Å²) in [5.74, 6) is 0.523. The first-order valence-electron chi connectivity index (χ1n) is 7.00. The third-order valence-corrected chi connectivity index (χ3v) is 3.36. The van der Waals surface area contributed by atoms with Gasteiger partial charge in [-0.2, -0.15) is 0 Å². The molecule has 0 radical (unpaired) electrons. The van der Waals surface area contributed by atoms with E-state index in [-0.39, 0.29) is 18.0 Å². The van der Waals surface area contributed by atoms with Crippen LogP contribution >= 0.6 is 0 Å². The van der Waals surface area contributed by atoms with E-state index in [9.17, 15) is 9.59 Å². The number of carbonyl (C=O) groups excluding carboxylic acids is 1. The van der Waals surface area contributed by atoms with Crippen LogP contribution in [0, 0.1) is 6.92 Å². The summed E-state index contributed by atoms with van der Waals surface area (Å²) >= 11 is 0. The number of benzene rings is 1. The standard InChI is InChI=1S/C15H16N4O3/c1-10-8-11(18-22-10)9-14(20)16-6-7-19-13-5-3-2-4-12(13)17-15(19)21/h2-5,8H,6-7,9H2,1H3,(H,16,20)(H,17,21). The van der Waals surface area contributed by atoms with Gasteiger partial charge in [-0.3, -0.25) is 9.36 Å². The monoisotopic (exact) mass is 300 g/mol. The fourth-order valence-corrected chi connectivity index (χ4v) is 2.36. The zero-order valence-electron chi connectivity index (χ0n) is 12.1. The maximum absolute atomic E-state index is 11.9. The highest BCUT2D eigenvalue weighted by atomic mass is 16.5. The van der Waals surface area contributed by atoms with Crippen LogP contribution in [0.15, 0.2) is 39.6 Å². The number of hydrogen-bond acceptors (Lipinski definition) is 4. The number of para-hydroxylation sites is 2. The SMILES string of the molecule is Cc1cc(CC(=O)NCCn2c(=O)[nH]c3ccccc32)no1. The molecule has 2 N–H and O–H groups in total. The molecule has 2 aromatic heterocycles. The average molecular weight is 300 g/mol. The lowest BCUT2D eigenvalue weighted by Crippen LogP contribution is -2.31. The van der Waals surface area contributed by atoms with E-state index < -0.39 is 0 Å². The molecule has 0 spiro atoms. The predicted molar refractivity (Wildman–Crippen MR) is 80.5 cm³/mol. The van der Waals surface area contributed by atoms with Crippen molar-refractivity contribution in [1.82, 2.24) is 20.0 Å². The number of fused-ring (bicyclic) bond motifs is 1. The molecule has 0 aliphatic carbocycles. The molecule has 0 fully saturated rings. The Hall–Kier alpha value is -2.83. The van der Waals surface area contributed by atoms with E-state index in [0.717, 1.165) is 11.0 Å². The van der Waals surface area contributed by atoms with Gasteiger partial charge in [-0.25, -0.2) is 4.79 Å².